The van der Waals surface area contributed by atoms with Crippen molar-refractivity contribution in [2.75, 3.05) is 14.2 Å². The third kappa shape index (κ3) is 3.51. The number of methoxy groups -OCH3 is 2. The first-order valence-electron chi connectivity index (χ1n) is 5.55. The van der Waals surface area contributed by atoms with Crippen LogP contribution in [0.4, 0.5) is 4.79 Å². The molecule has 0 aliphatic rings. The third-order valence-electron chi connectivity index (χ3n) is 2.49. The maximum absolute atomic E-state index is 10.5. The van der Waals surface area contributed by atoms with Gasteiger partial charge in [-0.05, 0) is 19.9 Å². The molecule has 0 saturated heterocycles. The zero-order valence-corrected chi connectivity index (χ0v) is 11.0. The van der Waals surface area contributed by atoms with Gasteiger partial charge in [-0.15, -0.1) is 0 Å². The van der Waals surface area contributed by atoms with Crippen molar-refractivity contribution < 1.29 is 19.4 Å². The summed E-state index contributed by atoms with van der Waals surface area (Å²) in [4.78, 5) is 14.9. The SMILES string of the molecule is COc1cc(C)c(OC)nc1CC(C)NC(=O)O. The molecule has 18 heavy (non-hydrogen) atoms. The average molecular weight is 254 g/mol. The Hall–Kier alpha value is -1.98. The quantitative estimate of drug-likeness (QED) is 0.834. The average Bonchev–Trinajstić information content (AvgIpc) is 2.29. The van der Waals surface area contributed by atoms with Crippen LogP contribution in [0.15, 0.2) is 6.07 Å². The number of pyridine rings is 1. The number of nitrogens with one attached hydrogen (secondary N) is 1. The molecule has 6 nitrogen and oxygen atoms in total. The van der Waals surface area contributed by atoms with Crippen LogP contribution in [0.3, 0.4) is 0 Å². The number of hydrogen-bond acceptors (Lipinski definition) is 4. The van der Waals surface area contributed by atoms with Crippen LogP contribution in [-0.2, 0) is 6.42 Å². The van der Waals surface area contributed by atoms with E-state index in [2.05, 4.69) is 10.3 Å². The lowest BCUT2D eigenvalue weighted by atomic mass is 10.1. The van der Waals surface area contributed by atoms with Gasteiger partial charge in [0.15, 0.2) is 0 Å². The van der Waals surface area contributed by atoms with E-state index in [9.17, 15) is 4.79 Å². The molecule has 0 aliphatic carbocycles. The molecular weight excluding hydrogens is 236 g/mol. The summed E-state index contributed by atoms with van der Waals surface area (Å²) in [7, 11) is 3.10. The van der Waals surface area contributed by atoms with Crippen LogP contribution in [0.2, 0.25) is 0 Å². The minimum Gasteiger partial charge on any atom is -0.495 e. The van der Waals surface area contributed by atoms with E-state index in [1.807, 2.05) is 13.0 Å². The van der Waals surface area contributed by atoms with Crippen molar-refractivity contribution in [3.63, 3.8) is 0 Å². The summed E-state index contributed by atoms with van der Waals surface area (Å²) < 4.78 is 10.4. The van der Waals surface area contributed by atoms with Gasteiger partial charge in [0.2, 0.25) is 5.88 Å². The monoisotopic (exact) mass is 254 g/mol. The zero-order chi connectivity index (χ0) is 13.7. The molecule has 1 aromatic rings. The van der Waals surface area contributed by atoms with E-state index >= 15 is 0 Å². The second-order valence-corrected chi connectivity index (χ2v) is 4.02. The first-order chi connectivity index (χ1) is 8.47. The lowest BCUT2D eigenvalue weighted by Crippen LogP contribution is -2.33. The lowest BCUT2D eigenvalue weighted by molar-refractivity contribution is 0.190. The highest BCUT2D eigenvalue weighted by atomic mass is 16.5. The Morgan fingerprint density at radius 2 is 2.17 bits per heavy atom. The number of carbonyl (C=O) groups is 1. The van der Waals surface area contributed by atoms with E-state index in [4.69, 9.17) is 14.6 Å². The topological polar surface area (TPSA) is 80.7 Å². The number of rotatable bonds is 5. The Bertz CT molecular complexity index is 434. The number of aromatic nitrogens is 1. The van der Waals surface area contributed by atoms with Gasteiger partial charge in [-0.3, -0.25) is 0 Å². The standard InChI is InChI=1S/C12H18N2O4/c1-7-5-10(17-3)9(14-11(7)18-4)6-8(2)13-12(15)16/h5,8,13H,6H2,1-4H3,(H,15,16). The highest BCUT2D eigenvalue weighted by molar-refractivity contribution is 5.64. The van der Waals surface area contributed by atoms with E-state index in [0.29, 0.717) is 23.7 Å². The zero-order valence-electron chi connectivity index (χ0n) is 11.0. The van der Waals surface area contributed by atoms with Crippen LogP contribution in [-0.4, -0.2) is 36.4 Å². The molecule has 0 saturated carbocycles. The summed E-state index contributed by atoms with van der Waals surface area (Å²) in [5.41, 5.74) is 1.54. The maximum atomic E-state index is 10.5. The molecular formula is C12H18N2O4. The largest absolute Gasteiger partial charge is 0.495 e. The van der Waals surface area contributed by atoms with Gasteiger partial charge >= 0.3 is 6.09 Å². The molecule has 1 amide bonds. The molecule has 2 N–H and O–H groups in total. The minimum atomic E-state index is -1.06. The Balaban J connectivity index is 2.95. The predicted molar refractivity (Wildman–Crippen MR) is 66.4 cm³/mol. The summed E-state index contributed by atoms with van der Waals surface area (Å²) in [5, 5.41) is 11.0. The Morgan fingerprint density at radius 1 is 1.50 bits per heavy atom. The number of hydrogen-bond donors (Lipinski definition) is 2. The second-order valence-electron chi connectivity index (χ2n) is 4.02. The molecule has 1 rings (SSSR count). The van der Waals surface area contributed by atoms with Crippen LogP contribution in [0.5, 0.6) is 11.6 Å². The van der Waals surface area contributed by atoms with E-state index < -0.39 is 6.09 Å². The predicted octanol–water partition coefficient (Wildman–Crippen LogP) is 1.61. The molecule has 0 spiro atoms. The minimum absolute atomic E-state index is 0.253. The molecule has 100 valence electrons. The van der Waals surface area contributed by atoms with Gasteiger partial charge < -0.3 is 19.9 Å². The summed E-state index contributed by atoms with van der Waals surface area (Å²) in [6, 6.07) is 1.57. The molecule has 0 bridgehead atoms. The van der Waals surface area contributed by atoms with Crippen molar-refractivity contribution in [2.45, 2.75) is 26.3 Å². The van der Waals surface area contributed by atoms with Crippen LogP contribution >= 0.6 is 0 Å². The number of aryl methyl sites for hydroxylation is 1. The van der Waals surface area contributed by atoms with Gasteiger partial charge in [0, 0.05) is 18.0 Å². The third-order valence-corrected chi connectivity index (χ3v) is 2.49. The van der Waals surface area contributed by atoms with E-state index in [-0.39, 0.29) is 6.04 Å². The van der Waals surface area contributed by atoms with E-state index in [1.165, 1.54) is 0 Å². The van der Waals surface area contributed by atoms with E-state index in [0.717, 1.165) is 5.56 Å². The van der Waals surface area contributed by atoms with Crippen molar-refractivity contribution in [2.24, 2.45) is 0 Å². The van der Waals surface area contributed by atoms with Crippen molar-refractivity contribution in [1.29, 1.82) is 0 Å². The summed E-state index contributed by atoms with van der Waals surface area (Å²) >= 11 is 0. The summed E-state index contributed by atoms with van der Waals surface area (Å²) in [6.07, 6.45) is -0.618. The maximum Gasteiger partial charge on any atom is 0.404 e. The lowest BCUT2D eigenvalue weighted by Gasteiger charge is -2.15. The molecule has 1 atom stereocenters. The van der Waals surface area contributed by atoms with Crippen molar-refractivity contribution >= 4 is 6.09 Å². The first kappa shape index (κ1) is 14.1. The summed E-state index contributed by atoms with van der Waals surface area (Å²) in [5.74, 6) is 1.15. The molecule has 1 unspecified atom stereocenters. The molecule has 0 fully saturated rings. The van der Waals surface area contributed by atoms with Gasteiger partial charge in [-0.2, -0.15) is 0 Å². The molecule has 0 aliphatic heterocycles. The fourth-order valence-corrected chi connectivity index (χ4v) is 1.69. The van der Waals surface area contributed by atoms with Crippen LogP contribution in [0, 0.1) is 6.92 Å². The smallest absolute Gasteiger partial charge is 0.404 e. The van der Waals surface area contributed by atoms with Gasteiger partial charge in [0.05, 0.1) is 19.9 Å². The van der Waals surface area contributed by atoms with Gasteiger partial charge in [0.1, 0.15) is 5.75 Å². The van der Waals surface area contributed by atoms with Crippen molar-refractivity contribution in [3.8, 4) is 11.6 Å². The highest BCUT2D eigenvalue weighted by Crippen LogP contribution is 2.25. The molecule has 0 radical (unpaired) electrons. The fraction of sp³-hybridized carbons (Fsp3) is 0.500. The molecule has 6 heteroatoms. The molecule has 1 heterocycles. The number of nitrogens with zero attached hydrogens (tertiary/aromatic N) is 1. The van der Waals surface area contributed by atoms with Crippen LogP contribution in [0.1, 0.15) is 18.2 Å². The van der Waals surface area contributed by atoms with Gasteiger partial charge in [-0.25, -0.2) is 9.78 Å². The Morgan fingerprint density at radius 3 is 2.67 bits per heavy atom. The number of carboxylic acid groups (broad SMARTS) is 1. The highest BCUT2D eigenvalue weighted by Gasteiger charge is 2.14. The summed E-state index contributed by atoms with van der Waals surface area (Å²) in [6.45, 7) is 3.64. The van der Waals surface area contributed by atoms with Crippen molar-refractivity contribution in [1.82, 2.24) is 10.3 Å². The van der Waals surface area contributed by atoms with Crippen LogP contribution in [0.25, 0.3) is 0 Å². The number of ether oxygens (including phenoxy) is 2. The Kier molecular flexibility index (Phi) is 4.76. The van der Waals surface area contributed by atoms with Gasteiger partial charge in [0.25, 0.3) is 0 Å². The number of amides is 1. The molecule has 1 aromatic heterocycles. The van der Waals surface area contributed by atoms with E-state index in [1.54, 1.807) is 21.1 Å². The normalized spacial score (nSPS) is 11.8. The Labute approximate surface area is 106 Å². The van der Waals surface area contributed by atoms with Gasteiger partial charge in [-0.1, -0.05) is 0 Å². The molecule has 0 aromatic carbocycles. The first-order valence-corrected chi connectivity index (χ1v) is 5.55. The second kappa shape index (κ2) is 6.09. The van der Waals surface area contributed by atoms with Crippen LogP contribution < -0.4 is 14.8 Å². The fourth-order valence-electron chi connectivity index (χ4n) is 1.69. The van der Waals surface area contributed by atoms with Crippen molar-refractivity contribution in [3.05, 3.63) is 17.3 Å².